The highest BCUT2D eigenvalue weighted by molar-refractivity contribution is 14.1. The molecule has 0 radical (unpaired) electrons. The number of hydrogen-bond donors (Lipinski definition) is 2. The van der Waals surface area contributed by atoms with Crippen molar-refractivity contribution in [3.05, 3.63) is 0 Å². The van der Waals surface area contributed by atoms with Crippen molar-refractivity contribution in [3.63, 3.8) is 0 Å². The second-order valence-corrected chi connectivity index (χ2v) is 2.20. The quantitative estimate of drug-likeness (QED) is 0.402. The van der Waals surface area contributed by atoms with E-state index in [1.54, 1.807) is 0 Å². The van der Waals surface area contributed by atoms with Crippen LogP contribution in [0.1, 0.15) is 0 Å². The van der Waals surface area contributed by atoms with E-state index < -0.39 is 0 Å². The molecule has 4 heteroatoms. The molecule has 0 atom stereocenters. The van der Waals surface area contributed by atoms with Crippen LogP contribution in [-0.4, -0.2) is 23.1 Å². The molecule has 0 bridgehead atoms. The Morgan fingerprint density at radius 3 is 2.88 bits per heavy atom. The standard InChI is InChI=1S/C4H7IN2O/c5-1-2-7-4(8)3-6/h3,6H,1-2H2,(H,7,8). The molecule has 0 spiro atoms. The number of halogens is 1. The molecule has 0 unspecified atom stereocenters. The smallest absolute Gasteiger partial charge is 0.261 e. The Bertz CT molecular complexity index is 94.0. The van der Waals surface area contributed by atoms with Gasteiger partial charge in [0.1, 0.15) is 0 Å². The summed E-state index contributed by atoms with van der Waals surface area (Å²) in [6, 6.07) is 0. The summed E-state index contributed by atoms with van der Waals surface area (Å²) >= 11 is 2.15. The Morgan fingerprint density at radius 1 is 1.88 bits per heavy atom. The number of alkyl halides is 1. The molecule has 0 aliphatic carbocycles. The number of rotatable bonds is 3. The van der Waals surface area contributed by atoms with Crippen LogP contribution in [0.5, 0.6) is 0 Å². The lowest BCUT2D eigenvalue weighted by Crippen LogP contribution is -2.25. The third-order valence-electron chi connectivity index (χ3n) is 0.525. The molecule has 1 amide bonds. The number of carbonyl (C=O) groups excluding carboxylic acids is 1. The molecule has 0 aromatic rings. The molecule has 0 fully saturated rings. The molecule has 0 aliphatic rings. The van der Waals surface area contributed by atoms with Gasteiger partial charge in [-0.1, -0.05) is 22.6 Å². The molecule has 8 heavy (non-hydrogen) atoms. The molecule has 46 valence electrons. The van der Waals surface area contributed by atoms with Crippen LogP contribution >= 0.6 is 22.6 Å². The van der Waals surface area contributed by atoms with Crippen LogP contribution in [0.4, 0.5) is 0 Å². The second kappa shape index (κ2) is 5.02. The minimum absolute atomic E-state index is 0.318. The third-order valence-corrected chi connectivity index (χ3v) is 1.06. The highest BCUT2D eigenvalue weighted by Crippen LogP contribution is 1.74. The average Bonchev–Trinajstić information content (AvgIpc) is 1.83. The number of amides is 1. The molecular formula is C4H7IN2O. The van der Waals surface area contributed by atoms with E-state index in [-0.39, 0.29) is 5.91 Å². The van der Waals surface area contributed by atoms with Gasteiger partial charge in [0.2, 0.25) is 0 Å². The predicted octanol–water partition coefficient (Wildman–Crippen LogP) is 0.187. The number of nitrogens with one attached hydrogen (secondary N) is 2. The van der Waals surface area contributed by atoms with Gasteiger partial charge < -0.3 is 10.7 Å². The van der Waals surface area contributed by atoms with Crippen molar-refractivity contribution in [2.75, 3.05) is 11.0 Å². The van der Waals surface area contributed by atoms with Gasteiger partial charge in [0.15, 0.2) is 0 Å². The molecule has 0 rings (SSSR count). The fourth-order valence-electron chi connectivity index (χ4n) is 0.221. The van der Waals surface area contributed by atoms with Crippen LogP contribution in [-0.2, 0) is 4.79 Å². The Balaban J connectivity index is 3.11. The van der Waals surface area contributed by atoms with Gasteiger partial charge in [-0.05, 0) is 0 Å². The summed E-state index contributed by atoms with van der Waals surface area (Å²) < 4.78 is 0.886. The first-order chi connectivity index (χ1) is 3.81. The van der Waals surface area contributed by atoms with Gasteiger partial charge in [0.25, 0.3) is 5.91 Å². The van der Waals surface area contributed by atoms with Crippen molar-refractivity contribution in [3.8, 4) is 0 Å². The largest absolute Gasteiger partial charge is 0.350 e. The molecule has 0 saturated carbocycles. The topological polar surface area (TPSA) is 53.0 Å². The fourth-order valence-corrected chi connectivity index (χ4v) is 0.491. The third kappa shape index (κ3) is 4.04. The monoisotopic (exact) mass is 226 g/mol. The van der Waals surface area contributed by atoms with Crippen molar-refractivity contribution in [2.45, 2.75) is 0 Å². The zero-order chi connectivity index (χ0) is 6.41. The molecule has 2 N–H and O–H groups in total. The van der Waals surface area contributed by atoms with Crippen LogP contribution < -0.4 is 5.32 Å². The summed E-state index contributed by atoms with van der Waals surface area (Å²) in [5, 5.41) is 8.94. The van der Waals surface area contributed by atoms with E-state index in [4.69, 9.17) is 5.41 Å². The first-order valence-electron chi connectivity index (χ1n) is 2.15. The van der Waals surface area contributed by atoms with E-state index in [0.717, 1.165) is 10.6 Å². The molecular weight excluding hydrogens is 219 g/mol. The fraction of sp³-hybridized carbons (Fsp3) is 0.500. The van der Waals surface area contributed by atoms with E-state index in [1.165, 1.54) is 0 Å². The van der Waals surface area contributed by atoms with Crippen LogP contribution in [0.25, 0.3) is 0 Å². The minimum Gasteiger partial charge on any atom is -0.350 e. The second-order valence-electron chi connectivity index (χ2n) is 1.12. The summed E-state index contributed by atoms with van der Waals surface area (Å²) in [6.07, 6.45) is 0.770. The lowest BCUT2D eigenvalue weighted by molar-refractivity contribution is -0.114. The Labute approximate surface area is 61.5 Å². The van der Waals surface area contributed by atoms with Crippen LogP contribution in [0.3, 0.4) is 0 Å². The van der Waals surface area contributed by atoms with Gasteiger partial charge in [0, 0.05) is 11.0 Å². The zero-order valence-electron chi connectivity index (χ0n) is 4.28. The summed E-state index contributed by atoms with van der Waals surface area (Å²) in [4.78, 5) is 10.2. The van der Waals surface area contributed by atoms with E-state index in [0.29, 0.717) is 6.54 Å². The van der Waals surface area contributed by atoms with Crippen molar-refractivity contribution < 1.29 is 4.79 Å². The predicted molar refractivity (Wildman–Crippen MR) is 40.7 cm³/mol. The van der Waals surface area contributed by atoms with Gasteiger partial charge in [-0.15, -0.1) is 0 Å². The van der Waals surface area contributed by atoms with Crippen molar-refractivity contribution >= 4 is 34.7 Å². The Kier molecular flexibility index (Phi) is 4.93. The number of hydrogen-bond acceptors (Lipinski definition) is 2. The van der Waals surface area contributed by atoms with Crippen LogP contribution in [0.15, 0.2) is 0 Å². The first kappa shape index (κ1) is 7.87. The van der Waals surface area contributed by atoms with E-state index >= 15 is 0 Å². The summed E-state index contributed by atoms with van der Waals surface area (Å²) in [5.41, 5.74) is 0. The van der Waals surface area contributed by atoms with Gasteiger partial charge >= 0.3 is 0 Å². The van der Waals surface area contributed by atoms with Gasteiger partial charge in [-0.25, -0.2) is 0 Å². The Hall–Kier alpha value is -0.130. The van der Waals surface area contributed by atoms with Crippen LogP contribution in [0.2, 0.25) is 0 Å². The maximum absolute atomic E-state index is 10.2. The van der Waals surface area contributed by atoms with E-state index in [1.807, 2.05) is 0 Å². The molecule has 0 aromatic carbocycles. The first-order valence-corrected chi connectivity index (χ1v) is 3.68. The zero-order valence-corrected chi connectivity index (χ0v) is 6.44. The maximum Gasteiger partial charge on any atom is 0.261 e. The molecule has 0 saturated heterocycles. The van der Waals surface area contributed by atoms with Crippen molar-refractivity contribution in [1.82, 2.24) is 5.32 Å². The highest BCUT2D eigenvalue weighted by atomic mass is 127. The normalized spacial score (nSPS) is 8.12. The molecule has 0 aromatic heterocycles. The lowest BCUT2D eigenvalue weighted by Gasteiger charge is -1.93. The highest BCUT2D eigenvalue weighted by Gasteiger charge is 1.88. The van der Waals surface area contributed by atoms with Crippen molar-refractivity contribution in [1.29, 1.82) is 5.41 Å². The molecule has 0 aliphatic heterocycles. The SMILES string of the molecule is N=CC(=O)NCCI. The average molecular weight is 226 g/mol. The van der Waals surface area contributed by atoms with Gasteiger partial charge in [-0.2, -0.15) is 0 Å². The lowest BCUT2D eigenvalue weighted by atomic mass is 10.6. The summed E-state index contributed by atoms with van der Waals surface area (Å²) in [7, 11) is 0. The van der Waals surface area contributed by atoms with E-state index in [2.05, 4.69) is 27.9 Å². The minimum atomic E-state index is -0.318. The number of carbonyl (C=O) groups is 1. The molecule has 0 heterocycles. The Morgan fingerprint density at radius 2 is 2.50 bits per heavy atom. The molecule has 3 nitrogen and oxygen atoms in total. The van der Waals surface area contributed by atoms with Gasteiger partial charge in [-0.3, -0.25) is 4.79 Å². The van der Waals surface area contributed by atoms with Gasteiger partial charge in [0.05, 0.1) is 6.21 Å². The maximum atomic E-state index is 10.2. The van der Waals surface area contributed by atoms with E-state index in [9.17, 15) is 4.79 Å². The van der Waals surface area contributed by atoms with Crippen molar-refractivity contribution in [2.24, 2.45) is 0 Å². The van der Waals surface area contributed by atoms with Crippen LogP contribution in [0, 0.1) is 5.41 Å². The summed E-state index contributed by atoms with van der Waals surface area (Å²) in [6.45, 7) is 0.648. The summed E-state index contributed by atoms with van der Waals surface area (Å²) in [5.74, 6) is -0.318.